The van der Waals surface area contributed by atoms with Crippen LogP contribution in [0, 0.1) is 0 Å². The summed E-state index contributed by atoms with van der Waals surface area (Å²) in [6.07, 6.45) is 1.83. The van der Waals surface area contributed by atoms with Crippen LogP contribution in [0.15, 0.2) is 30.9 Å². The summed E-state index contributed by atoms with van der Waals surface area (Å²) in [6, 6.07) is 5.83. The molecule has 0 aromatic heterocycles. The van der Waals surface area contributed by atoms with Crippen molar-refractivity contribution in [2.75, 3.05) is 13.2 Å². The monoisotopic (exact) mass is 261 g/mol. The largest absolute Gasteiger partial charge is 0.492 e. The molecule has 16 heavy (non-hydrogen) atoms. The molecule has 0 saturated heterocycles. The molecule has 1 rings (SSSR count). The van der Waals surface area contributed by atoms with Gasteiger partial charge in [0.25, 0.3) is 0 Å². The molecular weight excluding hydrogens is 245 g/mol. The lowest BCUT2D eigenvalue weighted by atomic mass is 10.2. The minimum absolute atomic E-state index is 0. The molecule has 4 heteroatoms. The Bertz CT molecular complexity index is 329. The molecule has 1 N–H and O–H groups in total. The Morgan fingerprint density at radius 2 is 2.25 bits per heavy atom. The Labute approximate surface area is 108 Å². The molecule has 0 fully saturated rings. The zero-order valence-electron chi connectivity index (χ0n) is 9.33. The summed E-state index contributed by atoms with van der Waals surface area (Å²) in [5.41, 5.74) is 1.14. The second kappa shape index (κ2) is 8.45. The van der Waals surface area contributed by atoms with E-state index in [1.807, 2.05) is 31.2 Å². The van der Waals surface area contributed by atoms with Crippen LogP contribution in [0.25, 0.3) is 0 Å². The van der Waals surface area contributed by atoms with Crippen LogP contribution in [-0.2, 0) is 6.54 Å². The maximum atomic E-state index is 6.05. The molecule has 1 aromatic carbocycles. The highest BCUT2D eigenvalue weighted by Crippen LogP contribution is 2.25. The van der Waals surface area contributed by atoms with Gasteiger partial charge in [0.2, 0.25) is 0 Å². The third-order valence-corrected chi connectivity index (χ3v) is 2.21. The number of hydrogen-bond acceptors (Lipinski definition) is 2. The molecule has 0 radical (unpaired) electrons. The van der Waals surface area contributed by atoms with E-state index in [0.29, 0.717) is 11.6 Å². The first-order valence-corrected chi connectivity index (χ1v) is 5.38. The van der Waals surface area contributed by atoms with E-state index < -0.39 is 0 Å². The van der Waals surface area contributed by atoms with Crippen LogP contribution in [0.5, 0.6) is 5.75 Å². The quantitative estimate of drug-likeness (QED) is 0.626. The zero-order chi connectivity index (χ0) is 11.1. The molecule has 0 amide bonds. The lowest BCUT2D eigenvalue weighted by Gasteiger charge is -2.07. The van der Waals surface area contributed by atoms with E-state index in [2.05, 4.69) is 11.9 Å². The highest BCUT2D eigenvalue weighted by molar-refractivity contribution is 6.32. The van der Waals surface area contributed by atoms with Crippen molar-refractivity contribution in [1.29, 1.82) is 0 Å². The smallest absolute Gasteiger partial charge is 0.137 e. The average Bonchev–Trinajstić information content (AvgIpc) is 2.23. The second-order valence-corrected chi connectivity index (χ2v) is 3.52. The Balaban J connectivity index is 0.00000225. The first-order valence-electron chi connectivity index (χ1n) is 5.00. The van der Waals surface area contributed by atoms with Gasteiger partial charge in [-0.25, -0.2) is 0 Å². The van der Waals surface area contributed by atoms with E-state index in [9.17, 15) is 0 Å². The van der Waals surface area contributed by atoms with Crippen LogP contribution < -0.4 is 10.1 Å². The Morgan fingerprint density at radius 3 is 2.81 bits per heavy atom. The van der Waals surface area contributed by atoms with Gasteiger partial charge in [-0.2, -0.15) is 0 Å². The molecule has 2 nitrogen and oxygen atoms in total. The van der Waals surface area contributed by atoms with Gasteiger partial charge in [-0.3, -0.25) is 0 Å². The van der Waals surface area contributed by atoms with Gasteiger partial charge in [-0.05, 0) is 24.6 Å². The zero-order valence-corrected chi connectivity index (χ0v) is 10.9. The van der Waals surface area contributed by atoms with E-state index >= 15 is 0 Å². The van der Waals surface area contributed by atoms with Gasteiger partial charge in [0, 0.05) is 13.1 Å². The van der Waals surface area contributed by atoms with Gasteiger partial charge in [-0.1, -0.05) is 23.7 Å². The number of halogens is 2. The van der Waals surface area contributed by atoms with Gasteiger partial charge in [0.05, 0.1) is 11.6 Å². The lowest BCUT2D eigenvalue weighted by molar-refractivity contribution is 0.340. The summed E-state index contributed by atoms with van der Waals surface area (Å²) in [5, 5.41) is 3.87. The number of ether oxygens (including phenoxy) is 1. The lowest BCUT2D eigenvalue weighted by Crippen LogP contribution is -2.12. The van der Waals surface area contributed by atoms with E-state index in [1.165, 1.54) is 0 Å². The molecule has 0 bridgehead atoms. The van der Waals surface area contributed by atoms with Crippen molar-refractivity contribution in [2.24, 2.45) is 0 Å². The summed E-state index contributed by atoms with van der Waals surface area (Å²) in [5.74, 6) is 0.742. The van der Waals surface area contributed by atoms with Gasteiger partial charge in [-0.15, -0.1) is 19.0 Å². The fourth-order valence-corrected chi connectivity index (χ4v) is 1.50. The van der Waals surface area contributed by atoms with Crippen LogP contribution in [0.3, 0.4) is 0 Å². The fraction of sp³-hybridized carbons (Fsp3) is 0.333. The molecule has 1 aromatic rings. The van der Waals surface area contributed by atoms with E-state index in [1.54, 1.807) is 0 Å². The van der Waals surface area contributed by atoms with Crippen molar-refractivity contribution in [1.82, 2.24) is 5.32 Å². The number of hydrogen-bond donors (Lipinski definition) is 1. The Hall–Kier alpha value is -0.700. The molecule has 0 atom stereocenters. The summed E-state index contributed by atoms with van der Waals surface area (Å²) in [6.45, 7) is 7.80. The van der Waals surface area contributed by atoms with Crippen LogP contribution >= 0.6 is 24.0 Å². The maximum Gasteiger partial charge on any atom is 0.137 e. The number of rotatable bonds is 6. The second-order valence-electron chi connectivity index (χ2n) is 3.12. The van der Waals surface area contributed by atoms with Gasteiger partial charge in [0.15, 0.2) is 0 Å². The molecule has 0 unspecified atom stereocenters. The van der Waals surface area contributed by atoms with Gasteiger partial charge < -0.3 is 10.1 Å². The average molecular weight is 262 g/mol. The SMILES string of the molecule is C=CCNCc1ccc(OCC)c(Cl)c1.Cl. The van der Waals surface area contributed by atoms with Crippen LogP contribution in [0.4, 0.5) is 0 Å². The normalized spacial score (nSPS) is 9.38. The third-order valence-electron chi connectivity index (χ3n) is 1.91. The molecule has 0 saturated carbocycles. The topological polar surface area (TPSA) is 21.3 Å². The van der Waals surface area contributed by atoms with Gasteiger partial charge >= 0.3 is 0 Å². The first kappa shape index (κ1) is 15.3. The molecule has 0 heterocycles. The molecule has 0 aliphatic heterocycles. The van der Waals surface area contributed by atoms with Crippen molar-refractivity contribution in [3.05, 3.63) is 41.4 Å². The summed E-state index contributed by atoms with van der Waals surface area (Å²) < 4.78 is 5.35. The molecule has 0 aliphatic rings. The van der Waals surface area contributed by atoms with Gasteiger partial charge in [0.1, 0.15) is 5.75 Å². The first-order chi connectivity index (χ1) is 7.27. The van der Waals surface area contributed by atoms with Crippen molar-refractivity contribution in [2.45, 2.75) is 13.5 Å². The standard InChI is InChI=1S/C12H16ClNO.ClH/c1-3-7-14-9-10-5-6-12(15-4-2)11(13)8-10;/h3,5-6,8,14H,1,4,7,9H2,2H3;1H. The van der Waals surface area contributed by atoms with Crippen LogP contribution in [0.2, 0.25) is 5.02 Å². The Kier molecular flexibility index (Phi) is 8.08. The fourth-order valence-electron chi connectivity index (χ4n) is 1.25. The number of nitrogens with one attached hydrogen (secondary N) is 1. The van der Waals surface area contributed by atoms with Crippen molar-refractivity contribution < 1.29 is 4.74 Å². The minimum atomic E-state index is 0. The summed E-state index contributed by atoms with van der Waals surface area (Å²) in [7, 11) is 0. The van der Waals surface area contributed by atoms with E-state index in [-0.39, 0.29) is 12.4 Å². The molecule has 0 spiro atoms. The maximum absolute atomic E-state index is 6.05. The van der Waals surface area contributed by atoms with Crippen LogP contribution in [0.1, 0.15) is 12.5 Å². The molecule has 90 valence electrons. The highest BCUT2D eigenvalue weighted by atomic mass is 35.5. The third kappa shape index (κ3) is 4.88. The number of benzene rings is 1. The van der Waals surface area contributed by atoms with Crippen LogP contribution in [-0.4, -0.2) is 13.2 Å². The highest BCUT2D eigenvalue weighted by Gasteiger charge is 2.01. The predicted molar refractivity (Wildman–Crippen MR) is 71.8 cm³/mol. The molecule has 0 aliphatic carbocycles. The van der Waals surface area contributed by atoms with Crippen molar-refractivity contribution in [3.63, 3.8) is 0 Å². The summed E-state index contributed by atoms with van der Waals surface area (Å²) >= 11 is 6.05. The molecular formula is C12H17Cl2NO. The predicted octanol–water partition coefficient (Wildman–Crippen LogP) is 3.44. The summed E-state index contributed by atoms with van der Waals surface area (Å²) in [4.78, 5) is 0. The van der Waals surface area contributed by atoms with Crippen molar-refractivity contribution >= 4 is 24.0 Å². The van der Waals surface area contributed by atoms with E-state index in [4.69, 9.17) is 16.3 Å². The minimum Gasteiger partial charge on any atom is -0.492 e. The van der Waals surface area contributed by atoms with E-state index in [0.717, 1.165) is 24.4 Å². The van der Waals surface area contributed by atoms with Crippen molar-refractivity contribution in [3.8, 4) is 5.75 Å². The Morgan fingerprint density at radius 1 is 1.50 bits per heavy atom.